The van der Waals surface area contributed by atoms with Crippen molar-refractivity contribution in [1.29, 1.82) is 0 Å². The minimum Gasteiger partial charge on any atom is -0.267 e. The summed E-state index contributed by atoms with van der Waals surface area (Å²) in [7, 11) is 0. The van der Waals surface area contributed by atoms with Crippen molar-refractivity contribution < 1.29 is 9.73 Å². The number of benzene rings is 3. The summed E-state index contributed by atoms with van der Waals surface area (Å²) in [6.45, 7) is 10.4. The van der Waals surface area contributed by atoms with Crippen LogP contribution in [-0.4, -0.2) is 17.0 Å². The van der Waals surface area contributed by atoms with Crippen molar-refractivity contribution in [3.05, 3.63) is 93.5 Å². The Morgan fingerprint density at radius 1 is 0.839 bits per heavy atom. The number of hydrogen-bond acceptors (Lipinski definition) is 5. The first-order valence-electron chi connectivity index (χ1n) is 10.3. The highest BCUT2D eigenvalue weighted by molar-refractivity contribution is 6.17. The summed E-state index contributed by atoms with van der Waals surface area (Å²) in [6.07, 6.45) is 0. The Hall–Kier alpha value is -3.64. The number of fused-ring (bicyclic) bond motifs is 3. The number of anilines is 2. The molecule has 0 spiro atoms. The minimum atomic E-state index is -0.180. The maximum atomic E-state index is 13.5. The third-order valence-corrected chi connectivity index (χ3v) is 6.16. The predicted octanol–water partition coefficient (Wildman–Crippen LogP) is 5.13. The lowest BCUT2D eigenvalue weighted by atomic mass is 9.93. The van der Waals surface area contributed by atoms with E-state index >= 15 is 0 Å². The van der Waals surface area contributed by atoms with Crippen molar-refractivity contribution in [2.24, 2.45) is 5.16 Å². The number of hydrogen-bond donors (Lipinski definition) is 0. The van der Waals surface area contributed by atoms with Crippen LogP contribution in [0.2, 0.25) is 0 Å². The molecule has 0 aromatic heterocycles. The maximum Gasteiger partial charge on any atom is 0.277 e. The summed E-state index contributed by atoms with van der Waals surface area (Å²) in [4.78, 5) is 19.2. The Morgan fingerprint density at radius 3 is 2.10 bits per heavy atom. The first-order chi connectivity index (χ1) is 14.9. The van der Waals surface area contributed by atoms with Gasteiger partial charge in [-0.25, -0.2) is 0 Å². The van der Waals surface area contributed by atoms with Crippen LogP contribution < -0.4 is 10.0 Å². The van der Waals surface area contributed by atoms with E-state index in [2.05, 4.69) is 38.9 Å². The fourth-order valence-electron chi connectivity index (χ4n) is 4.19. The van der Waals surface area contributed by atoms with Gasteiger partial charge in [0, 0.05) is 11.1 Å². The van der Waals surface area contributed by atoms with Gasteiger partial charge in [-0.3, -0.25) is 9.73 Å². The molecule has 0 aliphatic carbocycles. The van der Waals surface area contributed by atoms with Crippen molar-refractivity contribution in [1.82, 2.24) is 5.28 Å². The minimum absolute atomic E-state index is 0.180. The van der Waals surface area contributed by atoms with E-state index in [-0.39, 0.29) is 5.91 Å². The predicted molar refractivity (Wildman–Crippen MR) is 122 cm³/mol. The monoisotopic (exact) mass is 412 g/mol. The lowest BCUT2D eigenvalue weighted by molar-refractivity contribution is -0.135. The zero-order valence-corrected chi connectivity index (χ0v) is 18.3. The molecule has 0 N–H and O–H groups in total. The van der Waals surface area contributed by atoms with Crippen LogP contribution in [0.5, 0.6) is 0 Å². The van der Waals surface area contributed by atoms with E-state index in [4.69, 9.17) is 4.94 Å². The van der Waals surface area contributed by atoms with Gasteiger partial charge < -0.3 is 0 Å². The molecule has 0 bridgehead atoms. The van der Waals surface area contributed by atoms with Crippen LogP contribution in [-0.2, 0) is 4.94 Å². The molecule has 3 aromatic rings. The molecule has 2 aliphatic rings. The van der Waals surface area contributed by atoms with E-state index in [0.717, 1.165) is 33.6 Å². The average molecular weight is 412 g/mol. The van der Waals surface area contributed by atoms with Crippen molar-refractivity contribution >= 4 is 23.1 Å². The first kappa shape index (κ1) is 19.3. The molecule has 0 unspecified atom stereocenters. The summed E-state index contributed by atoms with van der Waals surface area (Å²) in [5.41, 5.74) is 8.98. The average Bonchev–Trinajstić information content (AvgIpc) is 3.31. The van der Waals surface area contributed by atoms with E-state index < -0.39 is 0 Å². The summed E-state index contributed by atoms with van der Waals surface area (Å²) in [6, 6.07) is 17.5. The fraction of sp³-hybridized carbons (Fsp3) is 0.200. The Morgan fingerprint density at radius 2 is 1.45 bits per heavy atom. The van der Waals surface area contributed by atoms with Gasteiger partial charge in [-0.2, -0.15) is 10.0 Å². The van der Waals surface area contributed by atoms with Crippen LogP contribution in [0.3, 0.4) is 0 Å². The maximum absolute atomic E-state index is 13.5. The summed E-state index contributed by atoms with van der Waals surface area (Å²) < 4.78 is 0. The number of carbonyl (C=O) groups excluding carboxylic acids is 1. The topological polar surface area (TPSA) is 48.4 Å². The van der Waals surface area contributed by atoms with E-state index in [1.165, 1.54) is 21.4 Å². The fourth-order valence-corrected chi connectivity index (χ4v) is 4.19. The van der Waals surface area contributed by atoms with E-state index in [0.29, 0.717) is 11.4 Å². The van der Waals surface area contributed by atoms with Gasteiger partial charge in [-0.15, -0.1) is 0 Å². The highest BCUT2D eigenvalue weighted by atomic mass is 16.9. The van der Waals surface area contributed by atoms with Gasteiger partial charge in [-0.1, -0.05) is 35.9 Å². The molecule has 0 fully saturated rings. The molecular weight excluding hydrogens is 388 g/mol. The molecule has 2 aliphatic heterocycles. The number of rotatable bonds is 2. The molecule has 1 amide bonds. The number of carbonyl (C=O) groups is 1. The Bertz CT molecular complexity index is 1220. The summed E-state index contributed by atoms with van der Waals surface area (Å²) in [5.74, 6) is 0.494. The van der Waals surface area contributed by atoms with Crippen LogP contribution in [0.25, 0.3) is 0 Å². The van der Waals surface area contributed by atoms with Crippen LogP contribution in [0, 0.1) is 34.6 Å². The molecule has 0 radical (unpaired) electrons. The lowest BCUT2D eigenvalue weighted by Crippen LogP contribution is -2.49. The number of hydrazine groups is 2. The Balaban J connectivity index is 1.63. The Labute approximate surface area is 181 Å². The van der Waals surface area contributed by atoms with Gasteiger partial charge in [0.1, 0.15) is 0 Å². The third kappa shape index (κ3) is 2.83. The van der Waals surface area contributed by atoms with Crippen LogP contribution in [0.15, 0.2) is 59.8 Å². The molecule has 3 aromatic carbocycles. The second-order valence-corrected chi connectivity index (χ2v) is 8.17. The normalized spacial score (nSPS) is 14.9. The highest BCUT2D eigenvalue weighted by Crippen LogP contribution is 2.43. The molecule has 156 valence electrons. The highest BCUT2D eigenvalue weighted by Gasteiger charge is 2.47. The molecule has 6 nitrogen and oxygen atoms in total. The molecular formula is C25H24N4O2. The van der Waals surface area contributed by atoms with Crippen LogP contribution in [0.1, 0.15) is 43.7 Å². The van der Waals surface area contributed by atoms with Crippen molar-refractivity contribution in [2.45, 2.75) is 34.6 Å². The van der Waals surface area contributed by atoms with Gasteiger partial charge in [0.15, 0.2) is 0 Å². The van der Waals surface area contributed by atoms with Gasteiger partial charge >= 0.3 is 0 Å². The van der Waals surface area contributed by atoms with Crippen molar-refractivity contribution in [3.8, 4) is 0 Å². The molecule has 0 atom stereocenters. The number of aryl methyl sites for hydroxylation is 3. The molecule has 31 heavy (non-hydrogen) atoms. The summed E-state index contributed by atoms with van der Waals surface area (Å²) in [5, 5.41) is 9.25. The van der Waals surface area contributed by atoms with Gasteiger partial charge in [0.25, 0.3) is 5.91 Å². The third-order valence-electron chi connectivity index (χ3n) is 6.16. The number of amides is 1. The number of oxime groups is 1. The number of para-hydroxylation sites is 2. The smallest absolute Gasteiger partial charge is 0.267 e. The Kier molecular flexibility index (Phi) is 4.34. The van der Waals surface area contributed by atoms with E-state index in [9.17, 15) is 4.79 Å². The van der Waals surface area contributed by atoms with E-state index in [1.807, 2.05) is 60.5 Å². The SMILES string of the molecule is Cc1ccc(C(=O)N2c3ccccc3N3C(c4c(C)c(C)cc(C)c4C)=NON23)cc1. The zero-order chi connectivity index (χ0) is 21.9. The van der Waals surface area contributed by atoms with Crippen molar-refractivity contribution in [2.75, 3.05) is 10.0 Å². The van der Waals surface area contributed by atoms with Gasteiger partial charge in [0.05, 0.1) is 16.7 Å². The van der Waals surface area contributed by atoms with Crippen LogP contribution in [0.4, 0.5) is 11.4 Å². The number of nitrogens with zero attached hydrogens (tertiary/aromatic N) is 4. The second kappa shape index (κ2) is 6.96. The molecule has 2 heterocycles. The quantitative estimate of drug-likeness (QED) is 0.585. The lowest BCUT2D eigenvalue weighted by Gasteiger charge is -2.25. The van der Waals surface area contributed by atoms with Crippen molar-refractivity contribution in [3.63, 3.8) is 0 Å². The van der Waals surface area contributed by atoms with Gasteiger partial charge in [0.2, 0.25) is 5.84 Å². The first-order valence-corrected chi connectivity index (χ1v) is 10.3. The van der Waals surface area contributed by atoms with Gasteiger partial charge in [-0.05, 0) is 86.3 Å². The van der Waals surface area contributed by atoms with E-state index in [1.54, 1.807) is 0 Å². The number of amidine groups is 1. The van der Waals surface area contributed by atoms with Crippen LogP contribution >= 0.6 is 0 Å². The molecule has 0 saturated carbocycles. The largest absolute Gasteiger partial charge is 0.277 e. The standard InChI is InChI=1S/C25H24N4O2/c1-15-10-12-20(13-11-15)25(30)28-22-9-7-6-8-21(22)27-24(26-31-29(27)28)23-18(4)16(2)14-17(3)19(23)5/h6-14H,1-5H3. The second-order valence-electron chi connectivity index (χ2n) is 8.17. The summed E-state index contributed by atoms with van der Waals surface area (Å²) >= 11 is 0. The molecule has 6 heteroatoms. The molecule has 5 rings (SSSR count). The zero-order valence-electron chi connectivity index (χ0n) is 18.3. The molecule has 0 saturated heterocycles.